The highest BCUT2D eigenvalue weighted by Crippen LogP contribution is 2.13. The van der Waals surface area contributed by atoms with Crippen molar-refractivity contribution in [3.05, 3.63) is 41.6 Å². The number of hydrogen-bond donors (Lipinski definition) is 3. The zero-order chi connectivity index (χ0) is 15.4. The molecule has 7 heteroatoms. The number of carbonyl (C=O) groups is 2. The molecule has 22 heavy (non-hydrogen) atoms. The Morgan fingerprint density at radius 2 is 1.95 bits per heavy atom. The number of benzene rings is 1. The molecule has 3 rings (SSSR count). The third kappa shape index (κ3) is 3.49. The zero-order valence-corrected chi connectivity index (χ0v) is 11.9. The molecule has 1 atom stereocenters. The average Bonchev–Trinajstić information content (AvgIpc) is 2.93. The minimum atomic E-state index is -0.361. The standard InChI is InChI=1S/C15H17N3O4/c19-14-13(2-1-7-21-14)18-17-11-5-3-10(4-6-11)8-12-9-22-15(20)16-12/h2-6,12,17-18H,1,7-9H2,(H,16,20)/t12-/m0/s1. The Hall–Kier alpha value is -2.70. The summed E-state index contributed by atoms with van der Waals surface area (Å²) in [6.07, 6.45) is 2.87. The second kappa shape index (κ2) is 6.38. The van der Waals surface area contributed by atoms with Crippen molar-refractivity contribution in [1.82, 2.24) is 10.7 Å². The van der Waals surface area contributed by atoms with Crippen LogP contribution in [0.5, 0.6) is 0 Å². The molecular formula is C15H17N3O4. The maximum Gasteiger partial charge on any atom is 0.407 e. The second-order valence-corrected chi connectivity index (χ2v) is 5.13. The van der Waals surface area contributed by atoms with Crippen LogP contribution in [0.4, 0.5) is 10.5 Å². The van der Waals surface area contributed by atoms with Gasteiger partial charge >= 0.3 is 12.1 Å². The molecule has 0 saturated carbocycles. The molecule has 1 aromatic carbocycles. The van der Waals surface area contributed by atoms with E-state index in [-0.39, 0.29) is 18.1 Å². The third-order valence-electron chi connectivity index (χ3n) is 3.43. The fourth-order valence-electron chi connectivity index (χ4n) is 2.30. The number of hydrazine groups is 1. The Morgan fingerprint density at radius 1 is 1.14 bits per heavy atom. The highest BCUT2D eigenvalue weighted by Gasteiger charge is 2.22. The molecular weight excluding hydrogens is 286 g/mol. The predicted octanol–water partition coefficient (Wildman–Crippen LogP) is 1.08. The summed E-state index contributed by atoms with van der Waals surface area (Å²) in [4.78, 5) is 22.4. The van der Waals surface area contributed by atoms with Crippen LogP contribution in [0.2, 0.25) is 0 Å². The van der Waals surface area contributed by atoms with E-state index >= 15 is 0 Å². The number of alkyl carbamates (subject to hydrolysis) is 1. The molecule has 1 aromatic rings. The van der Waals surface area contributed by atoms with Gasteiger partial charge in [-0.1, -0.05) is 12.1 Å². The summed E-state index contributed by atoms with van der Waals surface area (Å²) in [5.41, 5.74) is 8.15. The monoisotopic (exact) mass is 303 g/mol. The van der Waals surface area contributed by atoms with Gasteiger partial charge in [-0.3, -0.25) is 5.43 Å². The van der Waals surface area contributed by atoms with Gasteiger partial charge in [0, 0.05) is 6.42 Å². The van der Waals surface area contributed by atoms with Gasteiger partial charge in [0.1, 0.15) is 12.3 Å². The molecule has 0 spiro atoms. The number of anilines is 1. The molecule has 1 amide bonds. The first-order chi connectivity index (χ1) is 10.7. The Morgan fingerprint density at radius 3 is 2.64 bits per heavy atom. The van der Waals surface area contributed by atoms with Crippen LogP contribution in [-0.4, -0.2) is 31.3 Å². The van der Waals surface area contributed by atoms with Crippen LogP contribution < -0.4 is 16.2 Å². The number of rotatable bonds is 5. The highest BCUT2D eigenvalue weighted by molar-refractivity contribution is 5.88. The summed E-state index contributed by atoms with van der Waals surface area (Å²) >= 11 is 0. The van der Waals surface area contributed by atoms with Crippen LogP contribution in [-0.2, 0) is 20.7 Å². The molecule has 116 valence electrons. The number of amides is 1. The lowest BCUT2D eigenvalue weighted by Gasteiger charge is -2.16. The van der Waals surface area contributed by atoms with Gasteiger partial charge < -0.3 is 20.2 Å². The van der Waals surface area contributed by atoms with E-state index in [4.69, 9.17) is 9.47 Å². The number of cyclic esters (lactones) is 2. The van der Waals surface area contributed by atoms with Crippen LogP contribution in [0.15, 0.2) is 36.0 Å². The maximum absolute atomic E-state index is 11.5. The van der Waals surface area contributed by atoms with Gasteiger partial charge in [-0.15, -0.1) is 0 Å². The summed E-state index contributed by atoms with van der Waals surface area (Å²) in [5, 5.41) is 2.74. The van der Waals surface area contributed by atoms with Crippen molar-refractivity contribution >= 4 is 17.7 Å². The lowest BCUT2D eigenvalue weighted by atomic mass is 10.1. The predicted molar refractivity (Wildman–Crippen MR) is 78.8 cm³/mol. The van der Waals surface area contributed by atoms with Gasteiger partial charge in [0.2, 0.25) is 0 Å². The molecule has 3 N–H and O–H groups in total. The SMILES string of the molecule is O=C1N[C@@H](Cc2ccc(NNC3=CCCOC3=O)cc2)CO1. The smallest absolute Gasteiger partial charge is 0.407 e. The molecule has 0 aliphatic carbocycles. The van der Waals surface area contributed by atoms with E-state index < -0.39 is 0 Å². The van der Waals surface area contributed by atoms with Crippen molar-refractivity contribution in [3.63, 3.8) is 0 Å². The molecule has 2 aliphatic rings. The maximum atomic E-state index is 11.5. The van der Waals surface area contributed by atoms with E-state index in [0.717, 1.165) is 17.7 Å². The lowest BCUT2D eigenvalue weighted by molar-refractivity contribution is -0.140. The van der Waals surface area contributed by atoms with E-state index in [1.165, 1.54) is 0 Å². The molecule has 0 aromatic heterocycles. The zero-order valence-electron chi connectivity index (χ0n) is 11.9. The van der Waals surface area contributed by atoms with Crippen LogP contribution in [0.3, 0.4) is 0 Å². The van der Waals surface area contributed by atoms with E-state index in [1.54, 1.807) is 6.08 Å². The summed E-state index contributed by atoms with van der Waals surface area (Å²) in [6.45, 7) is 0.830. The Labute approximate surface area is 127 Å². The molecule has 7 nitrogen and oxygen atoms in total. The molecule has 1 fully saturated rings. The van der Waals surface area contributed by atoms with Crippen LogP contribution in [0.25, 0.3) is 0 Å². The van der Waals surface area contributed by atoms with Gasteiger partial charge in [0.05, 0.1) is 18.3 Å². The summed E-state index contributed by atoms with van der Waals surface area (Å²) in [7, 11) is 0. The van der Waals surface area contributed by atoms with Gasteiger partial charge in [-0.25, -0.2) is 9.59 Å². The first-order valence-corrected chi connectivity index (χ1v) is 7.12. The Bertz CT molecular complexity index is 597. The Balaban J connectivity index is 1.52. The molecule has 1 saturated heterocycles. The first kappa shape index (κ1) is 14.2. The van der Waals surface area contributed by atoms with Gasteiger partial charge in [-0.2, -0.15) is 0 Å². The minimum Gasteiger partial charge on any atom is -0.461 e. The molecule has 0 unspecified atom stereocenters. The quantitative estimate of drug-likeness (QED) is 0.557. The average molecular weight is 303 g/mol. The number of carbonyl (C=O) groups excluding carboxylic acids is 2. The van der Waals surface area contributed by atoms with Crippen LogP contribution in [0, 0.1) is 0 Å². The molecule has 0 radical (unpaired) electrons. The summed E-state index contributed by atoms with van der Waals surface area (Å²) < 4.78 is 9.78. The van der Waals surface area contributed by atoms with Crippen LogP contribution >= 0.6 is 0 Å². The molecule has 2 aliphatic heterocycles. The largest absolute Gasteiger partial charge is 0.461 e. The van der Waals surface area contributed by atoms with Gasteiger partial charge in [0.25, 0.3) is 0 Å². The van der Waals surface area contributed by atoms with Gasteiger partial charge in [0.15, 0.2) is 0 Å². The van der Waals surface area contributed by atoms with Crippen molar-refractivity contribution in [2.45, 2.75) is 18.9 Å². The first-order valence-electron chi connectivity index (χ1n) is 7.12. The van der Waals surface area contributed by atoms with Crippen molar-refractivity contribution in [1.29, 1.82) is 0 Å². The van der Waals surface area contributed by atoms with E-state index in [1.807, 2.05) is 24.3 Å². The highest BCUT2D eigenvalue weighted by atomic mass is 16.6. The van der Waals surface area contributed by atoms with Crippen molar-refractivity contribution in [2.75, 3.05) is 18.6 Å². The number of nitrogens with one attached hydrogen (secondary N) is 3. The Kier molecular flexibility index (Phi) is 4.13. The normalized spacial score (nSPS) is 20.5. The molecule has 2 heterocycles. The summed E-state index contributed by atoms with van der Waals surface area (Å²) in [6, 6.07) is 7.74. The van der Waals surface area contributed by atoms with E-state index in [2.05, 4.69) is 16.2 Å². The second-order valence-electron chi connectivity index (χ2n) is 5.13. The van der Waals surface area contributed by atoms with Crippen molar-refractivity contribution in [2.24, 2.45) is 0 Å². The number of ether oxygens (including phenoxy) is 2. The van der Waals surface area contributed by atoms with Crippen LogP contribution in [0.1, 0.15) is 12.0 Å². The van der Waals surface area contributed by atoms with E-state index in [0.29, 0.717) is 25.3 Å². The van der Waals surface area contributed by atoms with Gasteiger partial charge in [-0.05, 0) is 30.2 Å². The fourth-order valence-corrected chi connectivity index (χ4v) is 2.30. The third-order valence-corrected chi connectivity index (χ3v) is 3.43. The van der Waals surface area contributed by atoms with Crippen molar-refractivity contribution < 1.29 is 19.1 Å². The molecule has 0 bridgehead atoms. The topological polar surface area (TPSA) is 88.7 Å². The lowest BCUT2D eigenvalue weighted by Crippen LogP contribution is -2.30. The number of esters is 1. The summed E-state index contributed by atoms with van der Waals surface area (Å²) in [5.74, 6) is -0.354. The minimum absolute atomic E-state index is 0.0200. The number of hydrogen-bond acceptors (Lipinski definition) is 6. The van der Waals surface area contributed by atoms with E-state index in [9.17, 15) is 9.59 Å². The van der Waals surface area contributed by atoms with Crippen molar-refractivity contribution in [3.8, 4) is 0 Å². The fraction of sp³-hybridized carbons (Fsp3) is 0.333.